The van der Waals surface area contributed by atoms with E-state index in [1.165, 1.54) is 12.1 Å². The summed E-state index contributed by atoms with van der Waals surface area (Å²) in [6, 6.07) is 2.92. The van der Waals surface area contributed by atoms with Crippen LogP contribution in [0.25, 0.3) is 0 Å². The van der Waals surface area contributed by atoms with E-state index in [9.17, 15) is 30.0 Å². The van der Waals surface area contributed by atoms with E-state index in [1.54, 1.807) is 13.0 Å². The fraction of sp³-hybridized carbons (Fsp3) is 0.615. The molecular weight excluding hydrogens is 468 g/mol. The van der Waals surface area contributed by atoms with Crippen LogP contribution in [-0.2, 0) is 16.0 Å². The first-order chi connectivity index (χ1) is 17.1. The highest BCUT2D eigenvalue weighted by Gasteiger charge is 2.28. The van der Waals surface area contributed by atoms with E-state index in [0.29, 0.717) is 12.4 Å². The summed E-state index contributed by atoms with van der Waals surface area (Å²) in [5.41, 5.74) is 0.201. The van der Waals surface area contributed by atoms with Gasteiger partial charge in [0.25, 0.3) is 0 Å². The average Bonchev–Trinajstić information content (AvgIpc) is 2.81. The summed E-state index contributed by atoms with van der Waals surface area (Å²) in [6.07, 6.45) is -1.87. The topological polar surface area (TPSA) is 140 Å². The molecule has 36 heavy (non-hydrogen) atoms. The van der Waals surface area contributed by atoms with Gasteiger partial charge in [0.05, 0.1) is 18.8 Å². The van der Waals surface area contributed by atoms with E-state index in [4.69, 9.17) is 9.47 Å². The number of aromatic hydroxyl groups is 1. The second-order valence-corrected chi connectivity index (χ2v) is 9.69. The summed E-state index contributed by atoms with van der Waals surface area (Å²) in [4.78, 5) is 29.6. The first kappa shape index (κ1) is 28.1. The number of hydrogen-bond acceptors (Lipinski definition) is 10. The summed E-state index contributed by atoms with van der Waals surface area (Å²) in [5.74, 6) is -1.45. The molecule has 2 aliphatic rings. The van der Waals surface area contributed by atoms with Crippen molar-refractivity contribution in [3.8, 4) is 11.5 Å². The molecule has 2 aliphatic heterocycles. The van der Waals surface area contributed by atoms with Gasteiger partial charge in [0.15, 0.2) is 5.78 Å². The maximum Gasteiger partial charge on any atom is 0.342 e. The average molecular weight is 507 g/mol. The second kappa shape index (κ2) is 13.2. The van der Waals surface area contributed by atoms with Crippen molar-refractivity contribution in [1.82, 2.24) is 9.80 Å². The van der Waals surface area contributed by atoms with Crippen LogP contribution in [0.5, 0.6) is 11.5 Å². The molecule has 10 heteroatoms. The van der Waals surface area contributed by atoms with Crippen molar-refractivity contribution in [1.29, 1.82) is 0 Å². The number of likely N-dealkylation sites (N-methyl/N-ethyl adjacent to an activating group) is 1. The zero-order valence-electron chi connectivity index (χ0n) is 21.0. The Morgan fingerprint density at radius 2 is 1.83 bits per heavy atom. The third-order valence-corrected chi connectivity index (χ3v) is 6.54. The number of ketones is 1. The molecule has 4 atom stereocenters. The summed E-state index contributed by atoms with van der Waals surface area (Å²) in [7, 11) is 2.11. The standard InChI is InChI=1S/C26H38N2O8/c1-17-5-3-6-21(30)25(33)23(32)15-19(29)13-18-14-20(16-22(31)24(18)26(34)36-17)35-12-4-7-28-10-8-27(2)9-11-28/h3,6,14,16-17,19,23,25,29,31-33H,4-5,7-13,15H2,1-2H3/b6-3-/t17-,19-,23-,25+/m0/s1. The first-order valence-electron chi connectivity index (χ1n) is 12.5. The van der Waals surface area contributed by atoms with Gasteiger partial charge in [-0.2, -0.15) is 0 Å². The quantitative estimate of drug-likeness (QED) is 0.330. The Labute approximate surface area is 211 Å². The van der Waals surface area contributed by atoms with Gasteiger partial charge in [0, 0.05) is 51.6 Å². The van der Waals surface area contributed by atoms with Crippen LogP contribution >= 0.6 is 0 Å². The molecule has 0 unspecified atom stereocenters. The van der Waals surface area contributed by atoms with Crippen LogP contribution in [0.15, 0.2) is 24.3 Å². The van der Waals surface area contributed by atoms with E-state index < -0.39 is 36.2 Å². The SMILES string of the molecule is C[C@H]1C/C=C\C(=O)[C@@H](O)[C@@H](O)C[C@@H](O)Cc2cc(OCCCN3CCN(C)CC3)cc(O)c2C(=O)O1. The van der Waals surface area contributed by atoms with Gasteiger partial charge in [-0.1, -0.05) is 6.08 Å². The predicted octanol–water partition coefficient (Wildman–Crippen LogP) is 0.498. The zero-order chi connectivity index (χ0) is 26.2. The number of benzene rings is 1. The molecule has 0 saturated carbocycles. The number of hydrogen-bond donors (Lipinski definition) is 4. The Morgan fingerprint density at radius 1 is 1.11 bits per heavy atom. The van der Waals surface area contributed by atoms with Crippen LogP contribution in [0.1, 0.15) is 42.1 Å². The minimum absolute atomic E-state index is 0.0853. The predicted molar refractivity (Wildman–Crippen MR) is 132 cm³/mol. The highest BCUT2D eigenvalue weighted by atomic mass is 16.5. The van der Waals surface area contributed by atoms with Gasteiger partial charge in [-0.3, -0.25) is 4.79 Å². The monoisotopic (exact) mass is 506 g/mol. The van der Waals surface area contributed by atoms with Gasteiger partial charge in [0.1, 0.15) is 29.3 Å². The number of phenols is 1. The van der Waals surface area contributed by atoms with Gasteiger partial charge >= 0.3 is 5.97 Å². The van der Waals surface area contributed by atoms with E-state index in [0.717, 1.165) is 45.2 Å². The number of fused-ring (bicyclic) bond motifs is 1. The van der Waals surface area contributed by atoms with E-state index in [1.807, 2.05) is 0 Å². The van der Waals surface area contributed by atoms with Crippen LogP contribution in [0.4, 0.5) is 0 Å². The Hall–Kier alpha value is -2.50. The number of ether oxygens (including phenoxy) is 2. The lowest BCUT2D eigenvalue weighted by molar-refractivity contribution is -0.129. The van der Waals surface area contributed by atoms with Crippen molar-refractivity contribution >= 4 is 11.8 Å². The molecule has 4 N–H and O–H groups in total. The van der Waals surface area contributed by atoms with Gasteiger partial charge in [0.2, 0.25) is 0 Å². The molecule has 2 heterocycles. The molecule has 1 saturated heterocycles. The summed E-state index contributed by atoms with van der Waals surface area (Å²) in [6.45, 7) is 7.02. The molecule has 1 aromatic carbocycles. The third kappa shape index (κ3) is 8.01. The van der Waals surface area contributed by atoms with Crippen LogP contribution in [0.2, 0.25) is 0 Å². The number of phenolic OH excluding ortho intramolecular Hbond substituents is 1. The Kier molecular flexibility index (Phi) is 10.3. The van der Waals surface area contributed by atoms with Crippen molar-refractivity contribution < 1.29 is 39.5 Å². The number of esters is 1. The Morgan fingerprint density at radius 3 is 2.56 bits per heavy atom. The van der Waals surface area contributed by atoms with Crippen molar-refractivity contribution in [2.24, 2.45) is 0 Å². The number of piperazine rings is 1. The minimum atomic E-state index is -1.68. The van der Waals surface area contributed by atoms with Crippen molar-refractivity contribution in [3.05, 3.63) is 35.4 Å². The largest absolute Gasteiger partial charge is 0.507 e. The number of carbonyl (C=O) groups excluding carboxylic acids is 2. The van der Waals surface area contributed by atoms with E-state index in [2.05, 4.69) is 16.8 Å². The molecule has 0 spiro atoms. The molecule has 1 aromatic rings. The Balaban J connectivity index is 1.73. The molecule has 10 nitrogen and oxygen atoms in total. The highest BCUT2D eigenvalue weighted by molar-refractivity contribution is 5.95. The van der Waals surface area contributed by atoms with Crippen molar-refractivity contribution in [2.75, 3.05) is 46.4 Å². The zero-order valence-corrected chi connectivity index (χ0v) is 21.0. The van der Waals surface area contributed by atoms with Crippen LogP contribution in [0.3, 0.4) is 0 Å². The van der Waals surface area contributed by atoms with Crippen LogP contribution in [-0.4, -0.2) is 113 Å². The fourth-order valence-electron chi connectivity index (χ4n) is 4.39. The molecule has 0 bridgehead atoms. The summed E-state index contributed by atoms with van der Waals surface area (Å²) >= 11 is 0. The lowest BCUT2D eigenvalue weighted by Gasteiger charge is -2.32. The third-order valence-electron chi connectivity index (χ3n) is 6.54. The highest BCUT2D eigenvalue weighted by Crippen LogP contribution is 2.31. The fourth-order valence-corrected chi connectivity index (χ4v) is 4.39. The number of carbonyl (C=O) groups is 2. The number of cyclic esters (lactones) is 1. The maximum absolute atomic E-state index is 12.9. The molecule has 0 radical (unpaired) electrons. The Bertz CT molecular complexity index is 929. The molecule has 1 fully saturated rings. The molecule has 0 amide bonds. The lowest BCUT2D eigenvalue weighted by Crippen LogP contribution is -2.44. The maximum atomic E-state index is 12.9. The van der Waals surface area contributed by atoms with Gasteiger partial charge in [-0.05, 0) is 44.5 Å². The summed E-state index contributed by atoms with van der Waals surface area (Å²) < 4.78 is 11.3. The number of aliphatic hydroxyl groups excluding tert-OH is 3. The molecule has 0 aromatic heterocycles. The molecule has 3 rings (SSSR count). The van der Waals surface area contributed by atoms with E-state index in [-0.39, 0.29) is 36.1 Å². The van der Waals surface area contributed by atoms with Crippen LogP contribution < -0.4 is 4.74 Å². The van der Waals surface area contributed by atoms with Crippen LogP contribution in [0, 0.1) is 0 Å². The normalized spacial score (nSPS) is 28.1. The first-order valence-corrected chi connectivity index (χ1v) is 12.5. The molecule has 0 aliphatic carbocycles. The second-order valence-electron chi connectivity index (χ2n) is 9.69. The van der Waals surface area contributed by atoms with E-state index >= 15 is 0 Å². The van der Waals surface area contributed by atoms with Crippen molar-refractivity contribution in [3.63, 3.8) is 0 Å². The molecular formula is C26H38N2O8. The molecule has 200 valence electrons. The minimum Gasteiger partial charge on any atom is -0.507 e. The van der Waals surface area contributed by atoms with Gasteiger partial charge < -0.3 is 39.7 Å². The number of rotatable bonds is 5. The number of aliphatic hydroxyl groups is 3. The smallest absolute Gasteiger partial charge is 0.342 e. The summed E-state index contributed by atoms with van der Waals surface area (Å²) in [5, 5.41) is 41.5. The number of nitrogens with zero attached hydrogens (tertiary/aromatic N) is 2. The van der Waals surface area contributed by atoms with Crippen molar-refractivity contribution in [2.45, 2.75) is 57.0 Å². The van der Waals surface area contributed by atoms with Gasteiger partial charge in [-0.15, -0.1) is 0 Å². The van der Waals surface area contributed by atoms with Gasteiger partial charge in [-0.25, -0.2) is 4.79 Å². The lowest BCUT2D eigenvalue weighted by atomic mass is 9.95.